The Kier molecular flexibility index (Phi) is 6.42. The summed E-state index contributed by atoms with van der Waals surface area (Å²) >= 11 is 0. The highest BCUT2D eigenvalue weighted by Gasteiger charge is 2.38. The zero-order valence-corrected chi connectivity index (χ0v) is 19.5. The van der Waals surface area contributed by atoms with E-state index in [0.717, 1.165) is 17.2 Å². The lowest BCUT2D eigenvalue weighted by Gasteiger charge is -2.36. The molecule has 0 radical (unpaired) electrons. The summed E-state index contributed by atoms with van der Waals surface area (Å²) in [5.41, 5.74) is 1.65. The van der Waals surface area contributed by atoms with Crippen molar-refractivity contribution in [3.63, 3.8) is 0 Å². The van der Waals surface area contributed by atoms with E-state index >= 15 is 0 Å². The number of ether oxygens (including phenoxy) is 1. The lowest BCUT2D eigenvalue weighted by molar-refractivity contribution is -0.136. The summed E-state index contributed by atoms with van der Waals surface area (Å²) in [7, 11) is 1.59. The zero-order chi connectivity index (χ0) is 24.2. The van der Waals surface area contributed by atoms with Crippen LogP contribution in [0.1, 0.15) is 6.42 Å². The summed E-state index contributed by atoms with van der Waals surface area (Å²) in [5, 5.41) is 11.8. The molecule has 2 saturated heterocycles. The lowest BCUT2D eigenvalue weighted by Crippen LogP contribution is -2.51. The second-order valence-electron chi connectivity index (χ2n) is 8.56. The van der Waals surface area contributed by atoms with Crippen molar-refractivity contribution in [1.29, 1.82) is 0 Å². The van der Waals surface area contributed by atoms with Crippen molar-refractivity contribution in [2.45, 2.75) is 6.42 Å². The van der Waals surface area contributed by atoms with E-state index in [1.807, 2.05) is 53.4 Å². The fourth-order valence-corrected chi connectivity index (χ4v) is 4.46. The minimum Gasteiger partial charge on any atom is -0.497 e. The van der Waals surface area contributed by atoms with Crippen molar-refractivity contribution >= 4 is 34.8 Å². The first kappa shape index (κ1) is 22.6. The summed E-state index contributed by atoms with van der Waals surface area (Å²) in [6.45, 7) is 2.89. The Bertz CT molecular complexity index is 1180. The highest BCUT2D eigenvalue weighted by Crippen LogP contribution is 2.29. The molecule has 1 atom stereocenters. The molecule has 10 nitrogen and oxygen atoms in total. The third-order valence-electron chi connectivity index (χ3n) is 6.36. The SMILES string of the molecule is COc1cccc(N2CC(C(=O)N3CCN(c4ccc(Nc5ccncc5)nn4)CC3)CC2=O)c1. The summed E-state index contributed by atoms with van der Waals surface area (Å²) < 4.78 is 5.27. The third-order valence-corrected chi connectivity index (χ3v) is 6.36. The van der Waals surface area contributed by atoms with E-state index in [1.54, 1.807) is 24.4 Å². The average Bonchev–Trinajstić information content (AvgIpc) is 3.31. The van der Waals surface area contributed by atoms with Crippen LogP contribution in [0.5, 0.6) is 5.75 Å². The van der Waals surface area contributed by atoms with Gasteiger partial charge >= 0.3 is 0 Å². The number of rotatable bonds is 6. The number of pyridine rings is 1. The third kappa shape index (κ3) is 5.01. The van der Waals surface area contributed by atoms with Crippen LogP contribution in [0.25, 0.3) is 0 Å². The molecule has 0 spiro atoms. The molecule has 35 heavy (non-hydrogen) atoms. The van der Waals surface area contributed by atoms with Crippen LogP contribution in [0.15, 0.2) is 60.9 Å². The van der Waals surface area contributed by atoms with Gasteiger partial charge < -0.3 is 24.8 Å². The highest BCUT2D eigenvalue weighted by molar-refractivity contribution is 6.00. The number of anilines is 4. The number of benzene rings is 1. The topological polar surface area (TPSA) is 104 Å². The van der Waals surface area contributed by atoms with E-state index in [2.05, 4.69) is 25.4 Å². The van der Waals surface area contributed by atoms with Gasteiger partial charge in [0.05, 0.1) is 13.0 Å². The van der Waals surface area contributed by atoms with E-state index < -0.39 is 0 Å². The van der Waals surface area contributed by atoms with Gasteiger partial charge in [-0.25, -0.2) is 0 Å². The number of amides is 2. The number of nitrogens with one attached hydrogen (secondary N) is 1. The monoisotopic (exact) mass is 473 g/mol. The van der Waals surface area contributed by atoms with Gasteiger partial charge in [-0.1, -0.05) is 6.07 Å². The predicted octanol–water partition coefficient (Wildman–Crippen LogP) is 2.33. The molecule has 2 aromatic heterocycles. The molecule has 3 aromatic rings. The summed E-state index contributed by atoms with van der Waals surface area (Å²) in [6, 6.07) is 14.9. The van der Waals surface area contributed by atoms with Gasteiger partial charge in [0.15, 0.2) is 11.6 Å². The summed E-state index contributed by atoms with van der Waals surface area (Å²) in [6.07, 6.45) is 3.65. The molecule has 0 bridgehead atoms. The number of carbonyl (C=O) groups is 2. The van der Waals surface area contributed by atoms with Gasteiger partial charge in [-0.2, -0.15) is 0 Å². The Balaban J connectivity index is 1.15. The Labute approximate surface area is 203 Å². The molecule has 2 aliphatic heterocycles. The van der Waals surface area contributed by atoms with Gasteiger partial charge in [-0.3, -0.25) is 14.6 Å². The number of hydrogen-bond donors (Lipinski definition) is 1. The second kappa shape index (κ2) is 9.96. The van der Waals surface area contributed by atoms with Gasteiger partial charge in [0.25, 0.3) is 0 Å². The smallest absolute Gasteiger partial charge is 0.228 e. The van der Waals surface area contributed by atoms with Gasteiger partial charge in [0, 0.05) is 69.0 Å². The van der Waals surface area contributed by atoms with E-state index in [1.165, 1.54) is 0 Å². The molecule has 180 valence electrons. The van der Waals surface area contributed by atoms with Crippen LogP contribution in [-0.4, -0.2) is 71.7 Å². The van der Waals surface area contributed by atoms with Crippen molar-refractivity contribution in [3.05, 3.63) is 60.9 Å². The first-order valence-corrected chi connectivity index (χ1v) is 11.6. The summed E-state index contributed by atoms with van der Waals surface area (Å²) in [5.74, 6) is 1.78. The first-order valence-electron chi connectivity index (χ1n) is 11.6. The quantitative estimate of drug-likeness (QED) is 0.582. The molecule has 2 amide bonds. The van der Waals surface area contributed by atoms with Crippen LogP contribution in [0, 0.1) is 5.92 Å². The fourth-order valence-electron chi connectivity index (χ4n) is 4.46. The maximum Gasteiger partial charge on any atom is 0.228 e. The fraction of sp³-hybridized carbons (Fsp3) is 0.320. The molecule has 4 heterocycles. The number of hydrogen-bond acceptors (Lipinski definition) is 8. The first-order chi connectivity index (χ1) is 17.1. The van der Waals surface area contributed by atoms with Crippen molar-refractivity contribution in [3.8, 4) is 5.75 Å². The van der Waals surface area contributed by atoms with Crippen LogP contribution < -0.4 is 19.9 Å². The summed E-state index contributed by atoms with van der Waals surface area (Å²) in [4.78, 5) is 35.5. The number of aromatic nitrogens is 3. The van der Waals surface area contributed by atoms with E-state index in [-0.39, 0.29) is 24.2 Å². The molecular weight excluding hydrogens is 446 g/mol. The predicted molar refractivity (Wildman–Crippen MR) is 132 cm³/mol. The maximum absolute atomic E-state index is 13.2. The Hall–Kier alpha value is -4.21. The van der Waals surface area contributed by atoms with E-state index in [0.29, 0.717) is 44.3 Å². The number of piperazine rings is 1. The largest absolute Gasteiger partial charge is 0.497 e. The second-order valence-corrected chi connectivity index (χ2v) is 8.56. The van der Waals surface area contributed by atoms with Gasteiger partial charge in [0.2, 0.25) is 11.8 Å². The van der Waals surface area contributed by atoms with Crippen LogP contribution in [-0.2, 0) is 9.59 Å². The van der Waals surface area contributed by atoms with Crippen molar-refractivity contribution in [2.24, 2.45) is 5.92 Å². The normalized spacial score (nSPS) is 18.0. The number of methoxy groups -OCH3 is 1. The minimum absolute atomic E-state index is 0.0337. The highest BCUT2D eigenvalue weighted by atomic mass is 16.5. The van der Waals surface area contributed by atoms with E-state index in [9.17, 15) is 9.59 Å². The molecule has 1 N–H and O–H groups in total. The van der Waals surface area contributed by atoms with Crippen LogP contribution in [0.4, 0.5) is 23.0 Å². The van der Waals surface area contributed by atoms with Crippen LogP contribution in [0.3, 0.4) is 0 Å². The Morgan fingerprint density at radius 2 is 1.83 bits per heavy atom. The zero-order valence-electron chi connectivity index (χ0n) is 19.5. The van der Waals surface area contributed by atoms with Crippen molar-refractivity contribution in [1.82, 2.24) is 20.1 Å². The average molecular weight is 474 g/mol. The molecule has 5 rings (SSSR count). The van der Waals surface area contributed by atoms with Gasteiger partial charge in [-0.05, 0) is 36.4 Å². The molecule has 2 aliphatic rings. The molecule has 1 unspecified atom stereocenters. The van der Waals surface area contributed by atoms with Crippen molar-refractivity contribution in [2.75, 3.05) is 55.0 Å². The molecule has 2 fully saturated rings. The maximum atomic E-state index is 13.2. The molecular formula is C25H27N7O3. The minimum atomic E-state index is -0.335. The van der Waals surface area contributed by atoms with Gasteiger partial charge in [0.1, 0.15) is 5.75 Å². The van der Waals surface area contributed by atoms with Crippen LogP contribution in [0.2, 0.25) is 0 Å². The van der Waals surface area contributed by atoms with Crippen LogP contribution >= 0.6 is 0 Å². The number of carbonyl (C=O) groups excluding carboxylic acids is 2. The molecule has 10 heteroatoms. The van der Waals surface area contributed by atoms with E-state index in [4.69, 9.17) is 4.74 Å². The molecule has 0 aliphatic carbocycles. The number of nitrogens with zero attached hydrogens (tertiary/aromatic N) is 6. The Morgan fingerprint density at radius 1 is 1.03 bits per heavy atom. The molecule has 0 saturated carbocycles. The van der Waals surface area contributed by atoms with Gasteiger partial charge in [-0.15, -0.1) is 10.2 Å². The standard InChI is InChI=1S/C25H27N7O3/c1-35-21-4-2-3-20(16-21)32-17-18(15-24(32)33)25(34)31-13-11-30(12-14-31)23-6-5-22(28-29-23)27-19-7-9-26-10-8-19/h2-10,16,18H,11-15,17H2,1H3,(H,26,27,28). The Morgan fingerprint density at radius 3 is 2.54 bits per heavy atom. The van der Waals surface area contributed by atoms with Crippen molar-refractivity contribution < 1.29 is 14.3 Å². The molecule has 1 aromatic carbocycles. The lowest BCUT2D eigenvalue weighted by atomic mass is 10.1.